The molecular formula is C29H30N4OS. The Morgan fingerprint density at radius 3 is 2.43 bits per heavy atom. The molecule has 3 heterocycles. The van der Waals surface area contributed by atoms with E-state index in [1.54, 1.807) is 7.11 Å². The third-order valence-corrected chi connectivity index (χ3v) is 7.17. The van der Waals surface area contributed by atoms with Gasteiger partial charge in [0, 0.05) is 29.0 Å². The molecule has 2 unspecified atom stereocenters. The lowest BCUT2D eigenvalue weighted by Gasteiger charge is -2.28. The zero-order valence-corrected chi connectivity index (χ0v) is 21.3. The number of ether oxygens (including phenoxy) is 1. The Kier molecular flexibility index (Phi) is 6.31. The standard InChI is InChI=1S/C29H30N4OS/c1-5-21-10-6-7-12-26(21)32-19(2)18-24(20(32)3)28-27(25-11-8-9-17-30-25)31-29(35)33(28)22-13-15-23(34-4)16-14-22/h6-18,27-28H,5H2,1-4H3,(H,31,35). The van der Waals surface area contributed by atoms with Crippen LogP contribution in [0.25, 0.3) is 5.69 Å². The van der Waals surface area contributed by atoms with Gasteiger partial charge in [-0.3, -0.25) is 4.98 Å². The van der Waals surface area contributed by atoms with Gasteiger partial charge in [0.25, 0.3) is 0 Å². The van der Waals surface area contributed by atoms with Crippen LogP contribution in [0.3, 0.4) is 0 Å². The van der Waals surface area contributed by atoms with E-state index in [0.717, 1.165) is 23.6 Å². The third kappa shape index (κ3) is 4.08. The molecule has 2 aromatic heterocycles. The van der Waals surface area contributed by atoms with E-state index in [1.807, 2.05) is 30.5 Å². The predicted octanol–water partition coefficient (Wildman–Crippen LogP) is 6.24. The molecule has 5 rings (SSSR count). The summed E-state index contributed by atoms with van der Waals surface area (Å²) in [5.74, 6) is 0.819. The van der Waals surface area contributed by atoms with Crippen molar-refractivity contribution in [2.45, 2.75) is 39.3 Å². The molecule has 1 saturated heterocycles. The smallest absolute Gasteiger partial charge is 0.174 e. The van der Waals surface area contributed by atoms with Crippen molar-refractivity contribution in [1.29, 1.82) is 0 Å². The van der Waals surface area contributed by atoms with E-state index in [1.165, 1.54) is 28.2 Å². The number of nitrogens with one attached hydrogen (secondary N) is 1. The van der Waals surface area contributed by atoms with Crippen molar-refractivity contribution in [3.63, 3.8) is 0 Å². The molecule has 0 saturated carbocycles. The molecule has 2 aromatic carbocycles. The van der Waals surface area contributed by atoms with Crippen LogP contribution in [0.15, 0.2) is 79.0 Å². The van der Waals surface area contributed by atoms with Crippen LogP contribution in [0.5, 0.6) is 5.75 Å². The van der Waals surface area contributed by atoms with E-state index in [4.69, 9.17) is 21.9 Å². The van der Waals surface area contributed by atoms with E-state index in [9.17, 15) is 0 Å². The third-order valence-electron chi connectivity index (χ3n) is 6.85. The van der Waals surface area contributed by atoms with Crippen LogP contribution in [0, 0.1) is 13.8 Å². The second-order valence-corrected chi connectivity index (χ2v) is 9.23. The quantitative estimate of drug-likeness (QED) is 0.330. The second-order valence-electron chi connectivity index (χ2n) is 8.84. The first-order valence-electron chi connectivity index (χ1n) is 11.9. The first-order chi connectivity index (χ1) is 17.0. The Morgan fingerprint density at radius 1 is 1.00 bits per heavy atom. The molecule has 0 bridgehead atoms. The average Bonchev–Trinajstić information content (AvgIpc) is 3.39. The average molecular weight is 483 g/mol. The van der Waals surface area contributed by atoms with Crippen LogP contribution >= 0.6 is 12.2 Å². The van der Waals surface area contributed by atoms with E-state index in [2.05, 4.69) is 84.1 Å². The van der Waals surface area contributed by atoms with Gasteiger partial charge in [-0.25, -0.2) is 0 Å². The number of methoxy groups -OCH3 is 1. The number of para-hydroxylation sites is 1. The number of thiocarbonyl (C=S) groups is 1. The summed E-state index contributed by atoms with van der Waals surface area (Å²) in [7, 11) is 1.68. The largest absolute Gasteiger partial charge is 0.497 e. The first-order valence-corrected chi connectivity index (χ1v) is 12.4. The molecular weight excluding hydrogens is 452 g/mol. The highest BCUT2D eigenvalue weighted by molar-refractivity contribution is 7.80. The van der Waals surface area contributed by atoms with Crippen LogP contribution in [0.1, 0.15) is 47.2 Å². The fraction of sp³-hybridized carbons (Fsp3) is 0.241. The van der Waals surface area contributed by atoms with Gasteiger partial charge in [0.15, 0.2) is 5.11 Å². The summed E-state index contributed by atoms with van der Waals surface area (Å²) < 4.78 is 7.76. The van der Waals surface area contributed by atoms with Crippen LogP contribution < -0.4 is 15.0 Å². The minimum Gasteiger partial charge on any atom is -0.497 e. The number of hydrogen-bond donors (Lipinski definition) is 1. The van der Waals surface area contributed by atoms with Crippen molar-refractivity contribution in [3.05, 3.63) is 107 Å². The Hall–Kier alpha value is -3.64. The predicted molar refractivity (Wildman–Crippen MR) is 146 cm³/mol. The monoisotopic (exact) mass is 482 g/mol. The number of hydrogen-bond acceptors (Lipinski definition) is 3. The molecule has 1 aliphatic rings. The summed E-state index contributed by atoms with van der Waals surface area (Å²) in [5, 5.41) is 4.26. The van der Waals surface area contributed by atoms with E-state index in [-0.39, 0.29) is 12.1 Å². The van der Waals surface area contributed by atoms with Gasteiger partial charge < -0.3 is 19.5 Å². The molecule has 178 valence electrons. The summed E-state index contributed by atoms with van der Waals surface area (Å²) in [6, 6.07) is 24.9. The van der Waals surface area contributed by atoms with Crippen molar-refractivity contribution >= 4 is 23.0 Å². The Balaban J connectivity index is 1.68. The molecule has 1 fully saturated rings. The highest BCUT2D eigenvalue weighted by atomic mass is 32.1. The zero-order valence-electron chi connectivity index (χ0n) is 20.5. The summed E-state index contributed by atoms with van der Waals surface area (Å²) in [6.45, 7) is 6.59. The van der Waals surface area contributed by atoms with Gasteiger partial charge in [-0.2, -0.15) is 0 Å². The van der Waals surface area contributed by atoms with E-state index in [0.29, 0.717) is 5.11 Å². The van der Waals surface area contributed by atoms with Crippen LogP contribution in [0.2, 0.25) is 0 Å². The number of nitrogens with zero attached hydrogens (tertiary/aromatic N) is 3. The minimum absolute atomic E-state index is 0.0560. The molecule has 4 aromatic rings. The SMILES string of the molecule is CCc1ccccc1-n1c(C)cc(C2C(c3ccccn3)NC(=S)N2c2ccc(OC)cc2)c1C. The van der Waals surface area contributed by atoms with Crippen LogP contribution in [-0.4, -0.2) is 21.8 Å². The van der Waals surface area contributed by atoms with Crippen molar-refractivity contribution in [1.82, 2.24) is 14.9 Å². The molecule has 0 aliphatic carbocycles. The summed E-state index contributed by atoms with van der Waals surface area (Å²) in [4.78, 5) is 6.91. The molecule has 2 atom stereocenters. The lowest BCUT2D eigenvalue weighted by atomic mass is 9.96. The minimum atomic E-state index is -0.0822. The maximum absolute atomic E-state index is 5.90. The number of anilines is 1. The van der Waals surface area contributed by atoms with Crippen molar-refractivity contribution in [2.75, 3.05) is 12.0 Å². The fourth-order valence-corrected chi connectivity index (χ4v) is 5.52. The van der Waals surface area contributed by atoms with Crippen LogP contribution in [-0.2, 0) is 6.42 Å². The van der Waals surface area contributed by atoms with Crippen LogP contribution in [0.4, 0.5) is 5.69 Å². The van der Waals surface area contributed by atoms with Crippen molar-refractivity contribution < 1.29 is 4.74 Å². The van der Waals surface area contributed by atoms with Gasteiger partial charge in [-0.15, -0.1) is 0 Å². The normalized spacial score (nSPS) is 17.5. The van der Waals surface area contributed by atoms with Gasteiger partial charge in [-0.1, -0.05) is 31.2 Å². The Bertz CT molecular complexity index is 1350. The number of pyridine rings is 1. The van der Waals surface area contributed by atoms with Gasteiger partial charge in [0.2, 0.25) is 0 Å². The van der Waals surface area contributed by atoms with Gasteiger partial charge in [-0.05, 0) is 92.1 Å². The first kappa shape index (κ1) is 23.1. The number of aryl methyl sites for hydroxylation is 2. The van der Waals surface area contributed by atoms with E-state index >= 15 is 0 Å². The van der Waals surface area contributed by atoms with E-state index < -0.39 is 0 Å². The lowest BCUT2D eigenvalue weighted by Crippen LogP contribution is -2.29. The number of benzene rings is 2. The summed E-state index contributed by atoms with van der Waals surface area (Å²) in [5.41, 5.74) is 8.18. The Labute approximate surface area is 212 Å². The Morgan fingerprint density at radius 2 is 1.74 bits per heavy atom. The molecule has 35 heavy (non-hydrogen) atoms. The fourth-order valence-electron chi connectivity index (χ4n) is 5.18. The molecule has 1 N–H and O–H groups in total. The molecule has 0 amide bonds. The van der Waals surface area contributed by atoms with Gasteiger partial charge >= 0.3 is 0 Å². The highest BCUT2D eigenvalue weighted by Gasteiger charge is 2.42. The maximum Gasteiger partial charge on any atom is 0.174 e. The molecule has 0 spiro atoms. The molecule has 1 aliphatic heterocycles. The second kappa shape index (κ2) is 9.55. The van der Waals surface area contributed by atoms with Crippen molar-refractivity contribution in [2.24, 2.45) is 0 Å². The number of rotatable bonds is 6. The van der Waals surface area contributed by atoms with Crippen molar-refractivity contribution in [3.8, 4) is 11.4 Å². The summed E-state index contributed by atoms with van der Waals surface area (Å²) >= 11 is 5.90. The topological polar surface area (TPSA) is 42.3 Å². The molecule has 6 heteroatoms. The highest BCUT2D eigenvalue weighted by Crippen LogP contribution is 2.44. The lowest BCUT2D eigenvalue weighted by molar-refractivity contribution is 0.415. The van der Waals surface area contributed by atoms with Gasteiger partial charge in [0.1, 0.15) is 5.75 Å². The van der Waals surface area contributed by atoms with Gasteiger partial charge in [0.05, 0.1) is 24.9 Å². The summed E-state index contributed by atoms with van der Waals surface area (Å²) in [6.07, 6.45) is 2.82. The molecule has 0 radical (unpaired) electrons. The number of aromatic nitrogens is 2. The maximum atomic E-state index is 5.90. The zero-order chi connectivity index (χ0) is 24.5. The molecule has 5 nitrogen and oxygen atoms in total.